The first-order valence-corrected chi connectivity index (χ1v) is 9.30. The summed E-state index contributed by atoms with van der Waals surface area (Å²) < 4.78 is 3.22. The van der Waals surface area contributed by atoms with Gasteiger partial charge in [0.1, 0.15) is 0 Å². The van der Waals surface area contributed by atoms with E-state index in [0.29, 0.717) is 11.8 Å². The number of rotatable bonds is 2. The Hall–Kier alpha value is -0.230. The van der Waals surface area contributed by atoms with Crippen LogP contribution in [-0.2, 0) is 0 Å². The van der Waals surface area contributed by atoms with Gasteiger partial charge < -0.3 is 5.32 Å². The van der Waals surface area contributed by atoms with E-state index in [9.17, 15) is 0 Å². The highest BCUT2D eigenvalue weighted by atomic mass is 79.9. The number of hydrogen-bond acceptors (Lipinski definition) is 2. The molecule has 2 unspecified atom stereocenters. The average Bonchev–Trinajstić information content (AvgIpc) is 2.48. The van der Waals surface area contributed by atoms with Crippen LogP contribution in [0.3, 0.4) is 0 Å². The lowest BCUT2D eigenvalue weighted by molar-refractivity contribution is 0.397. The van der Waals surface area contributed by atoms with Crippen LogP contribution in [0, 0.1) is 0 Å². The molecule has 1 saturated heterocycles. The second kappa shape index (κ2) is 6.90. The fraction of sp³-hybridized carbons (Fsp3) is 0.312. The SMILES string of the molecule is Brc1ccc(C2CNCCC2c2ncc(Br)cc2Br)cc1. The fourth-order valence-electron chi connectivity index (χ4n) is 2.94. The van der Waals surface area contributed by atoms with Crippen molar-refractivity contribution < 1.29 is 0 Å². The fourth-order valence-corrected chi connectivity index (χ4v) is 4.49. The topological polar surface area (TPSA) is 24.9 Å². The highest BCUT2D eigenvalue weighted by Crippen LogP contribution is 2.39. The molecule has 2 aromatic rings. The Kier molecular flexibility index (Phi) is 5.15. The molecule has 0 bridgehead atoms. The normalized spacial score (nSPS) is 22.2. The van der Waals surface area contributed by atoms with Crippen molar-refractivity contribution in [3.8, 4) is 0 Å². The molecule has 1 aromatic heterocycles. The average molecular weight is 475 g/mol. The van der Waals surface area contributed by atoms with Gasteiger partial charge >= 0.3 is 0 Å². The molecule has 2 nitrogen and oxygen atoms in total. The third-order valence-corrected chi connectivity index (χ3v) is 5.57. The summed E-state index contributed by atoms with van der Waals surface area (Å²) in [7, 11) is 0. The van der Waals surface area contributed by atoms with E-state index in [4.69, 9.17) is 0 Å². The number of halogens is 3. The van der Waals surface area contributed by atoms with E-state index in [1.165, 1.54) is 5.56 Å². The smallest absolute Gasteiger partial charge is 0.0584 e. The largest absolute Gasteiger partial charge is 0.316 e. The summed E-state index contributed by atoms with van der Waals surface area (Å²) in [6.45, 7) is 2.04. The minimum atomic E-state index is 0.440. The Labute approximate surface area is 150 Å². The number of pyridine rings is 1. The molecule has 1 fully saturated rings. The summed E-state index contributed by atoms with van der Waals surface area (Å²) in [6.07, 6.45) is 2.99. The van der Waals surface area contributed by atoms with Crippen LogP contribution in [0.1, 0.15) is 29.5 Å². The first-order chi connectivity index (χ1) is 10.1. The molecule has 0 aliphatic carbocycles. The number of hydrogen-bond donors (Lipinski definition) is 1. The van der Waals surface area contributed by atoms with E-state index in [1.807, 2.05) is 6.20 Å². The minimum absolute atomic E-state index is 0.440. The van der Waals surface area contributed by atoms with Crippen molar-refractivity contribution in [3.05, 3.63) is 61.2 Å². The van der Waals surface area contributed by atoms with E-state index in [1.54, 1.807) is 0 Å². The van der Waals surface area contributed by atoms with Crippen molar-refractivity contribution in [3.63, 3.8) is 0 Å². The summed E-state index contributed by atoms with van der Waals surface area (Å²) >= 11 is 10.7. The first kappa shape index (κ1) is 15.7. The summed E-state index contributed by atoms with van der Waals surface area (Å²) in [4.78, 5) is 4.66. The second-order valence-electron chi connectivity index (χ2n) is 5.28. The van der Waals surface area contributed by atoms with E-state index in [2.05, 4.69) is 88.4 Å². The van der Waals surface area contributed by atoms with Crippen LogP contribution in [0.5, 0.6) is 0 Å². The maximum absolute atomic E-state index is 4.66. The molecule has 1 aliphatic heterocycles. The number of nitrogens with zero attached hydrogens (tertiary/aromatic N) is 1. The first-order valence-electron chi connectivity index (χ1n) is 6.92. The van der Waals surface area contributed by atoms with Gasteiger partial charge in [0.05, 0.1) is 5.69 Å². The third kappa shape index (κ3) is 3.58. The quantitative estimate of drug-likeness (QED) is 0.644. The zero-order valence-electron chi connectivity index (χ0n) is 11.3. The Morgan fingerprint density at radius 1 is 1.00 bits per heavy atom. The van der Waals surface area contributed by atoms with Crippen LogP contribution in [0.4, 0.5) is 0 Å². The minimum Gasteiger partial charge on any atom is -0.316 e. The van der Waals surface area contributed by atoms with E-state index in [0.717, 1.165) is 38.6 Å². The Balaban J connectivity index is 1.96. The molecule has 1 N–H and O–H groups in total. The highest BCUT2D eigenvalue weighted by Gasteiger charge is 2.30. The zero-order valence-corrected chi connectivity index (χ0v) is 16.1. The van der Waals surface area contributed by atoms with Crippen LogP contribution in [0.25, 0.3) is 0 Å². The van der Waals surface area contributed by atoms with Gasteiger partial charge in [0.15, 0.2) is 0 Å². The lowest BCUT2D eigenvalue weighted by Gasteiger charge is -2.32. The van der Waals surface area contributed by atoms with E-state index < -0.39 is 0 Å². The maximum Gasteiger partial charge on any atom is 0.0584 e. The van der Waals surface area contributed by atoms with Crippen LogP contribution in [0.15, 0.2) is 49.9 Å². The van der Waals surface area contributed by atoms with Crippen LogP contribution in [-0.4, -0.2) is 18.1 Å². The van der Waals surface area contributed by atoms with Gasteiger partial charge in [-0.2, -0.15) is 0 Å². The molecule has 1 aliphatic rings. The molecule has 110 valence electrons. The predicted octanol–water partition coefficient (Wildman–Crippen LogP) is 5.23. The van der Waals surface area contributed by atoms with Gasteiger partial charge in [0.25, 0.3) is 0 Å². The van der Waals surface area contributed by atoms with Gasteiger partial charge in [-0.1, -0.05) is 28.1 Å². The van der Waals surface area contributed by atoms with E-state index >= 15 is 0 Å². The van der Waals surface area contributed by atoms with Crippen molar-refractivity contribution in [1.82, 2.24) is 10.3 Å². The summed E-state index contributed by atoms with van der Waals surface area (Å²) in [5.74, 6) is 0.895. The molecule has 2 atom stereocenters. The molecular formula is C16H15Br3N2. The molecule has 5 heteroatoms. The van der Waals surface area contributed by atoms with Gasteiger partial charge in [0, 0.05) is 38.0 Å². The van der Waals surface area contributed by atoms with Gasteiger partial charge in [-0.15, -0.1) is 0 Å². The maximum atomic E-state index is 4.66. The molecule has 0 saturated carbocycles. The van der Waals surface area contributed by atoms with Crippen LogP contribution in [0.2, 0.25) is 0 Å². The predicted molar refractivity (Wildman–Crippen MR) is 96.7 cm³/mol. The summed E-state index contributed by atoms with van der Waals surface area (Å²) in [5.41, 5.74) is 2.53. The number of benzene rings is 1. The second-order valence-corrected chi connectivity index (χ2v) is 7.96. The molecule has 21 heavy (non-hydrogen) atoms. The Morgan fingerprint density at radius 2 is 1.76 bits per heavy atom. The molecule has 0 spiro atoms. The number of aromatic nitrogens is 1. The molecular weight excluding hydrogens is 460 g/mol. The van der Waals surface area contributed by atoms with Crippen molar-refractivity contribution in [2.24, 2.45) is 0 Å². The monoisotopic (exact) mass is 472 g/mol. The zero-order chi connectivity index (χ0) is 14.8. The lowest BCUT2D eigenvalue weighted by atomic mass is 9.79. The summed E-state index contributed by atoms with van der Waals surface area (Å²) in [5, 5.41) is 3.51. The molecule has 3 rings (SSSR count). The van der Waals surface area contributed by atoms with Crippen molar-refractivity contribution in [1.29, 1.82) is 0 Å². The lowest BCUT2D eigenvalue weighted by Crippen LogP contribution is -2.34. The molecule has 0 radical (unpaired) electrons. The van der Waals surface area contributed by atoms with Crippen molar-refractivity contribution in [2.75, 3.05) is 13.1 Å². The summed E-state index contributed by atoms with van der Waals surface area (Å²) in [6, 6.07) is 10.7. The molecule has 0 amide bonds. The third-order valence-electron chi connectivity index (χ3n) is 3.97. The van der Waals surface area contributed by atoms with Gasteiger partial charge in [-0.05, 0) is 68.6 Å². The molecule has 1 aromatic carbocycles. The van der Waals surface area contributed by atoms with Crippen molar-refractivity contribution in [2.45, 2.75) is 18.3 Å². The van der Waals surface area contributed by atoms with Crippen LogP contribution < -0.4 is 5.32 Å². The van der Waals surface area contributed by atoms with Crippen molar-refractivity contribution >= 4 is 47.8 Å². The van der Waals surface area contributed by atoms with Gasteiger partial charge in [-0.25, -0.2) is 0 Å². The highest BCUT2D eigenvalue weighted by molar-refractivity contribution is 9.11. The molecule has 2 heterocycles. The number of nitrogens with one attached hydrogen (secondary N) is 1. The number of piperidine rings is 1. The van der Waals surface area contributed by atoms with Crippen LogP contribution >= 0.6 is 47.8 Å². The van der Waals surface area contributed by atoms with Gasteiger partial charge in [-0.3, -0.25) is 4.98 Å². The van der Waals surface area contributed by atoms with Gasteiger partial charge in [0.2, 0.25) is 0 Å². The Morgan fingerprint density at radius 3 is 2.48 bits per heavy atom. The Bertz CT molecular complexity index is 628. The van der Waals surface area contributed by atoms with E-state index in [-0.39, 0.29) is 0 Å². The standard InChI is InChI=1S/C16H15Br3N2/c17-11-3-1-10(2-4-11)14-9-20-6-5-13(14)16-15(19)7-12(18)8-21-16/h1-4,7-8,13-14,20H,5-6,9H2.